The van der Waals surface area contributed by atoms with Gasteiger partial charge in [-0.3, -0.25) is 9.78 Å². The van der Waals surface area contributed by atoms with E-state index in [0.29, 0.717) is 17.9 Å². The lowest BCUT2D eigenvalue weighted by Crippen LogP contribution is -2.26. The summed E-state index contributed by atoms with van der Waals surface area (Å²) >= 11 is 0. The van der Waals surface area contributed by atoms with Crippen molar-refractivity contribution in [2.24, 2.45) is 0 Å². The molecule has 1 heterocycles. The van der Waals surface area contributed by atoms with Crippen LogP contribution in [0.25, 0.3) is 6.08 Å². The summed E-state index contributed by atoms with van der Waals surface area (Å²) in [4.78, 5) is 16.3. The minimum atomic E-state index is -0.193. The van der Waals surface area contributed by atoms with Gasteiger partial charge >= 0.3 is 0 Å². The SMILES string of the molecule is C=CC[C@@H](NC(=O)/C=C\c1ccc(OC)cc1OC)c1ccncc1. The van der Waals surface area contributed by atoms with Gasteiger partial charge in [0.25, 0.3) is 0 Å². The van der Waals surface area contributed by atoms with Crippen LogP contribution in [0.15, 0.2) is 61.5 Å². The smallest absolute Gasteiger partial charge is 0.244 e. The van der Waals surface area contributed by atoms with Crippen molar-refractivity contribution in [3.8, 4) is 11.5 Å². The Morgan fingerprint density at radius 1 is 1.24 bits per heavy atom. The first-order valence-electron chi connectivity index (χ1n) is 7.89. The highest BCUT2D eigenvalue weighted by molar-refractivity contribution is 5.92. The van der Waals surface area contributed by atoms with Gasteiger partial charge in [0.2, 0.25) is 5.91 Å². The highest BCUT2D eigenvalue weighted by Gasteiger charge is 2.11. The second-order valence-electron chi connectivity index (χ2n) is 5.31. The molecule has 0 unspecified atom stereocenters. The lowest BCUT2D eigenvalue weighted by atomic mass is 10.1. The average Bonchev–Trinajstić information content (AvgIpc) is 2.66. The van der Waals surface area contributed by atoms with E-state index < -0.39 is 0 Å². The Labute approximate surface area is 148 Å². The number of nitrogens with zero attached hydrogens (tertiary/aromatic N) is 1. The van der Waals surface area contributed by atoms with Gasteiger partial charge in [0.05, 0.1) is 20.3 Å². The van der Waals surface area contributed by atoms with Gasteiger partial charge in [-0.2, -0.15) is 0 Å². The molecule has 130 valence electrons. The maximum atomic E-state index is 12.3. The van der Waals surface area contributed by atoms with E-state index in [1.807, 2.05) is 24.3 Å². The molecule has 1 amide bonds. The summed E-state index contributed by atoms with van der Waals surface area (Å²) in [7, 11) is 3.17. The largest absolute Gasteiger partial charge is 0.497 e. The van der Waals surface area contributed by atoms with Crippen LogP contribution in [0.5, 0.6) is 11.5 Å². The number of carbonyl (C=O) groups excluding carboxylic acids is 1. The molecule has 1 aromatic carbocycles. The van der Waals surface area contributed by atoms with Gasteiger partial charge in [0, 0.05) is 30.1 Å². The van der Waals surface area contributed by atoms with Gasteiger partial charge in [-0.1, -0.05) is 6.08 Å². The molecular weight excluding hydrogens is 316 g/mol. The quantitative estimate of drug-likeness (QED) is 0.591. The normalized spacial score (nSPS) is 11.8. The number of carbonyl (C=O) groups is 1. The Kier molecular flexibility index (Phi) is 6.77. The molecule has 0 spiro atoms. The number of nitrogens with one attached hydrogen (secondary N) is 1. The van der Waals surface area contributed by atoms with E-state index in [1.54, 1.807) is 44.8 Å². The molecule has 0 aliphatic heterocycles. The Hall–Kier alpha value is -3.08. The van der Waals surface area contributed by atoms with Crippen LogP contribution in [0.1, 0.15) is 23.6 Å². The molecule has 1 aromatic heterocycles. The number of aromatic nitrogens is 1. The van der Waals surface area contributed by atoms with Crippen molar-refractivity contribution in [2.45, 2.75) is 12.5 Å². The van der Waals surface area contributed by atoms with E-state index in [-0.39, 0.29) is 11.9 Å². The molecule has 0 fully saturated rings. The van der Waals surface area contributed by atoms with Crippen LogP contribution in [-0.2, 0) is 4.79 Å². The van der Waals surface area contributed by atoms with Crippen molar-refractivity contribution in [2.75, 3.05) is 14.2 Å². The summed E-state index contributed by atoms with van der Waals surface area (Å²) in [5.74, 6) is 1.14. The van der Waals surface area contributed by atoms with E-state index in [2.05, 4.69) is 16.9 Å². The monoisotopic (exact) mass is 338 g/mol. The van der Waals surface area contributed by atoms with Crippen molar-refractivity contribution in [1.82, 2.24) is 10.3 Å². The molecule has 0 saturated heterocycles. The minimum absolute atomic E-state index is 0.143. The Morgan fingerprint density at radius 2 is 2.00 bits per heavy atom. The molecule has 0 aliphatic rings. The van der Waals surface area contributed by atoms with Gasteiger partial charge in [-0.15, -0.1) is 6.58 Å². The lowest BCUT2D eigenvalue weighted by molar-refractivity contribution is -0.117. The van der Waals surface area contributed by atoms with Crippen LogP contribution in [-0.4, -0.2) is 25.1 Å². The molecule has 5 heteroatoms. The van der Waals surface area contributed by atoms with Crippen molar-refractivity contribution in [1.29, 1.82) is 0 Å². The second kappa shape index (κ2) is 9.27. The van der Waals surface area contributed by atoms with Gasteiger partial charge < -0.3 is 14.8 Å². The Balaban J connectivity index is 2.10. The van der Waals surface area contributed by atoms with E-state index in [9.17, 15) is 4.79 Å². The summed E-state index contributed by atoms with van der Waals surface area (Å²) in [6.07, 6.45) is 9.02. The zero-order valence-electron chi connectivity index (χ0n) is 14.4. The molecule has 0 aliphatic carbocycles. The van der Waals surface area contributed by atoms with Crippen molar-refractivity contribution in [3.63, 3.8) is 0 Å². The molecular formula is C20H22N2O3. The first-order valence-corrected chi connectivity index (χ1v) is 7.89. The molecule has 0 bridgehead atoms. The average molecular weight is 338 g/mol. The Bertz CT molecular complexity index is 742. The first-order chi connectivity index (χ1) is 12.2. The van der Waals surface area contributed by atoms with Crippen LogP contribution in [0.2, 0.25) is 0 Å². The van der Waals surface area contributed by atoms with Crippen LogP contribution >= 0.6 is 0 Å². The molecule has 2 rings (SSSR count). The number of methoxy groups -OCH3 is 2. The zero-order valence-corrected chi connectivity index (χ0v) is 14.4. The highest BCUT2D eigenvalue weighted by Crippen LogP contribution is 2.25. The number of rotatable bonds is 8. The highest BCUT2D eigenvalue weighted by atomic mass is 16.5. The van der Waals surface area contributed by atoms with Gasteiger partial charge in [-0.05, 0) is 42.3 Å². The molecule has 2 aromatic rings. The molecule has 1 N–H and O–H groups in total. The van der Waals surface area contributed by atoms with Crippen molar-refractivity contribution in [3.05, 3.63) is 72.6 Å². The number of hydrogen-bond donors (Lipinski definition) is 1. The van der Waals surface area contributed by atoms with Crippen molar-refractivity contribution < 1.29 is 14.3 Å². The third kappa shape index (κ3) is 5.21. The fourth-order valence-corrected chi connectivity index (χ4v) is 2.38. The lowest BCUT2D eigenvalue weighted by Gasteiger charge is -2.16. The van der Waals surface area contributed by atoms with Gasteiger partial charge in [0.1, 0.15) is 11.5 Å². The maximum absolute atomic E-state index is 12.3. The molecule has 25 heavy (non-hydrogen) atoms. The van der Waals surface area contributed by atoms with Gasteiger partial charge in [0.15, 0.2) is 0 Å². The predicted molar refractivity (Wildman–Crippen MR) is 98.5 cm³/mol. The van der Waals surface area contributed by atoms with Crippen LogP contribution < -0.4 is 14.8 Å². The van der Waals surface area contributed by atoms with E-state index in [0.717, 1.165) is 11.1 Å². The third-order valence-electron chi connectivity index (χ3n) is 3.68. The summed E-state index contributed by atoms with van der Waals surface area (Å²) in [6.45, 7) is 3.75. The van der Waals surface area contributed by atoms with E-state index >= 15 is 0 Å². The van der Waals surface area contributed by atoms with Crippen LogP contribution in [0, 0.1) is 0 Å². The molecule has 0 radical (unpaired) electrons. The van der Waals surface area contributed by atoms with Gasteiger partial charge in [-0.25, -0.2) is 0 Å². The number of hydrogen-bond acceptors (Lipinski definition) is 4. The summed E-state index contributed by atoms with van der Waals surface area (Å²) < 4.78 is 10.5. The van der Waals surface area contributed by atoms with E-state index in [4.69, 9.17) is 9.47 Å². The molecule has 1 atom stereocenters. The minimum Gasteiger partial charge on any atom is -0.497 e. The summed E-state index contributed by atoms with van der Waals surface area (Å²) in [5, 5.41) is 2.97. The first kappa shape index (κ1) is 18.3. The van der Waals surface area contributed by atoms with Crippen LogP contribution in [0.4, 0.5) is 0 Å². The van der Waals surface area contributed by atoms with Crippen LogP contribution in [0.3, 0.4) is 0 Å². The second-order valence-corrected chi connectivity index (χ2v) is 5.31. The standard InChI is InChI=1S/C20H22N2O3/c1-4-5-18(15-10-12-21-13-11-15)22-20(23)9-7-16-6-8-17(24-2)14-19(16)25-3/h4,6-14,18H,1,5H2,2-3H3,(H,22,23)/b9-7-/t18-/m1/s1. The fraction of sp³-hybridized carbons (Fsp3) is 0.200. The maximum Gasteiger partial charge on any atom is 0.244 e. The van der Waals surface area contributed by atoms with E-state index in [1.165, 1.54) is 6.08 Å². The van der Waals surface area contributed by atoms with Crippen molar-refractivity contribution >= 4 is 12.0 Å². The number of ether oxygens (including phenoxy) is 2. The topological polar surface area (TPSA) is 60.5 Å². The number of amides is 1. The molecule has 5 nitrogen and oxygen atoms in total. The Morgan fingerprint density at radius 3 is 2.64 bits per heavy atom. The number of benzene rings is 1. The molecule has 0 saturated carbocycles. The fourth-order valence-electron chi connectivity index (χ4n) is 2.38. The number of pyridine rings is 1. The zero-order chi connectivity index (χ0) is 18.1. The summed E-state index contributed by atoms with van der Waals surface area (Å²) in [6, 6.07) is 9.04. The summed E-state index contributed by atoms with van der Waals surface area (Å²) in [5.41, 5.74) is 1.78. The predicted octanol–water partition coefficient (Wildman–Crippen LogP) is 3.55. The third-order valence-corrected chi connectivity index (χ3v) is 3.68.